The van der Waals surface area contributed by atoms with Gasteiger partial charge in [0.2, 0.25) is 5.88 Å². The predicted molar refractivity (Wildman–Crippen MR) is 156 cm³/mol. The fourth-order valence-electron chi connectivity index (χ4n) is 8.39. The van der Waals surface area contributed by atoms with Gasteiger partial charge in [0.1, 0.15) is 47.5 Å². The molecule has 9 nitrogen and oxygen atoms in total. The number of halogens is 3. The third-order valence-electron chi connectivity index (χ3n) is 10.5. The molecule has 6 aliphatic rings. The van der Waals surface area contributed by atoms with Crippen LogP contribution in [0.3, 0.4) is 0 Å². The smallest absolute Gasteiger partial charge is 0.319 e. The summed E-state index contributed by atoms with van der Waals surface area (Å²) < 4.78 is 44.0. The number of nitrogens with zero attached hydrogens (tertiary/aromatic N) is 5. The molecule has 1 aromatic carbocycles. The highest BCUT2D eigenvalue weighted by atomic mass is 35.5. The van der Waals surface area contributed by atoms with Gasteiger partial charge < -0.3 is 24.8 Å². The Kier molecular flexibility index (Phi) is 5.82. The topological polar surface area (TPSA) is 95.9 Å². The highest BCUT2D eigenvalue weighted by Gasteiger charge is 2.50. The van der Waals surface area contributed by atoms with Crippen LogP contribution in [0.1, 0.15) is 56.4 Å². The molecular weight excluding hydrogens is 578 g/mol. The zero-order valence-corrected chi connectivity index (χ0v) is 24.4. The highest BCUT2D eigenvalue weighted by molar-refractivity contribution is 6.32. The number of phenolic OH excluding ortho intramolecular Hbond substituents is 1. The molecule has 5 atom stereocenters. The SMILES string of the molecule is Oc1cc(Cl)c(C2CC2)c(-c2nc3c4c(nc(OCC56CCCN5CC(F)C6)nc4c2F)N2CC4CCC(N4)C2CO3)c1. The lowest BCUT2D eigenvalue weighted by molar-refractivity contribution is 0.107. The summed E-state index contributed by atoms with van der Waals surface area (Å²) >= 11 is 6.60. The molecule has 2 aromatic heterocycles. The lowest BCUT2D eigenvalue weighted by Crippen LogP contribution is -2.60. The van der Waals surface area contributed by atoms with Crippen LogP contribution >= 0.6 is 11.6 Å². The van der Waals surface area contributed by atoms with Crippen LogP contribution in [0.15, 0.2) is 12.1 Å². The standard InChI is InChI=1S/C31H33ClF2N6O3/c32-20-9-18(41)8-19(23(20)15-2-3-15)26-25(34)27-24-28(40-12-17-4-5-21(35-17)22(40)13-42-29(24)36-26)38-30(37-27)43-14-31-6-1-7-39(31)11-16(33)10-31/h8-9,15-17,21-22,35,41H,1-7,10-14H2. The van der Waals surface area contributed by atoms with Gasteiger partial charge in [0.05, 0.1) is 11.6 Å². The van der Waals surface area contributed by atoms with Crippen LogP contribution in [-0.4, -0.2) is 87.6 Å². The first kappa shape index (κ1) is 26.4. The van der Waals surface area contributed by atoms with Gasteiger partial charge in [-0.1, -0.05) is 11.6 Å². The minimum atomic E-state index is -0.885. The maximum atomic E-state index is 16.8. The van der Waals surface area contributed by atoms with Crippen molar-refractivity contribution in [2.75, 3.05) is 37.7 Å². The third kappa shape index (κ3) is 4.10. The average Bonchev–Trinajstić information content (AvgIpc) is 3.56. The first-order chi connectivity index (χ1) is 20.9. The molecule has 5 fully saturated rings. The maximum Gasteiger partial charge on any atom is 0.319 e. The minimum absolute atomic E-state index is 0.0197. The molecule has 5 aliphatic heterocycles. The molecule has 5 unspecified atom stereocenters. The summed E-state index contributed by atoms with van der Waals surface area (Å²) in [4.78, 5) is 18.7. The van der Waals surface area contributed by atoms with Gasteiger partial charge in [-0.15, -0.1) is 0 Å². The molecule has 7 heterocycles. The Morgan fingerprint density at radius 3 is 2.91 bits per heavy atom. The average molecular weight is 611 g/mol. The molecule has 3 aromatic rings. The molecule has 1 aliphatic carbocycles. The van der Waals surface area contributed by atoms with Gasteiger partial charge in [-0.3, -0.25) is 4.90 Å². The summed E-state index contributed by atoms with van der Waals surface area (Å²) in [7, 11) is 0. The number of aromatic nitrogens is 3. The van der Waals surface area contributed by atoms with E-state index in [9.17, 15) is 9.50 Å². The van der Waals surface area contributed by atoms with Crippen molar-refractivity contribution in [1.29, 1.82) is 0 Å². The fourth-order valence-corrected chi connectivity index (χ4v) is 8.76. The van der Waals surface area contributed by atoms with Gasteiger partial charge in [0.15, 0.2) is 5.82 Å². The van der Waals surface area contributed by atoms with Gasteiger partial charge in [-0.2, -0.15) is 9.97 Å². The number of benzene rings is 1. The number of phenols is 1. The fraction of sp³-hybridized carbons (Fsp3) is 0.581. The van der Waals surface area contributed by atoms with E-state index in [0.717, 1.165) is 50.6 Å². The van der Waals surface area contributed by atoms with Crippen LogP contribution < -0.4 is 19.7 Å². The number of pyridine rings is 1. The second-order valence-electron chi connectivity index (χ2n) is 13.2. The van der Waals surface area contributed by atoms with E-state index in [0.29, 0.717) is 53.9 Å². The zero-order valence-electron chi connectivity index (χ0n) is 23.7. The van der Waals surface area contributed by atoms with Crippen LogP contribution in [0.5, 0.6) is 17.6 Å². The third-order valence-corrected chi connectivity index (χ3v) is 10.8. The van der Waals surface area contributed by atoms with Gasteiger partial charge in [0.25, 0.3) is 0 Å². The number of hydrogen-bond donors (Lipinski definition) is 2. The van der Waals surface area contributed by atoms with E-state index in [4.69, 9.17) is 31.0 Å². The van der Waals surface area contributed by atoms with E-state index < -0.39 is 17.5 Å². The minimum Gasteiger partial charge on any atom is -0.508 e. The summed E-state index contributed by atoms with van der Waals surface area (Å²) in [5, 5.41) is 15.0. The number of aromatic hydroxyl groups is 1. The van der Waals surface area contributed by atoms with Crippen molar-refractivity contribution in [2.45, 2.75) is 80.7 Å². The lowest BCUT2D eigenvalue weighted by Gasteiger charge is -2.40. The van der Waals surface area contributed by atoms with Crippen molar-refractivity contribution in [3.8, 4) is 28.9 Å². The number of piperazine rings is 1. The Bertz CT molecular complexity index is 1660. The van der Waals surface area contributed by atoms with Crippen molar-refractivity contribution in [3.05, 3.63) is 28.5 Å². The van der Waals surface area contributed by atoms with Crippen molar-refractivity contribution in [3.63, 3.8) is 0 Å². The molecule has 226 valence electrons. The molecule has 9 rings (SSSR count). The Morgan fingerprint density at radius 2 is 2.05 bits per heavy atom. The molecule has 0 amide bonds. The summed E-state index contributed by atoms with van der Waals surface area (Å²) in [6.45, 7) is 2.56. The second kappa shape index (κ2) is 9.49. The number of anilines is 1. The predicted octanol–water partition coefficient (Wildman–Crippen LogP) is 4.72. The molecule has 0 spiro atoms. The van der Waals surface area contributed by atoms with E-state index in [2.05, 4.69) is 20.1 Å². The van der Waals surface area contributed by atoms with Crippen LogP contribution in [0.4, 0.5) is 14.6 Å². The first-order valence-electron chi connectivity index (χ1n) is 15.5. The first-order valence-corrected chi connectivity index (χ1v) is 15.9. The highest BCUT2D eigenvalue weighted by Crippen LogP contribution is 2.50. The van der Waals surface area contributed by atoms with Crippen molar-refractivity contribution in [1.82, 2.24) is 25.2 Å². The van der Waals surface area contributed by atoms with E-state index >= 15 is 4.39 Å². The molecule has 43 heavy (non-hydrogen) atoms. The van der Waals surface area contributed by atoms with Gasteiger partial charge >= 0.3 is 6.01 Å². The molecule has 2 N–H and O–H groups in total. The normalized spacial score (nSPS) is 31.2. The quantitative estimate of drug-likeness (QED) is 0.425. The lowest BCUT2D eigenvalue weighted by atomic mass is 9.95. The maximum absolute atomic E-state index is 16.8. The molecule has 1 saturated carbocycles. The number of ether oxygens (including phenoxy) is 2. The molecular formula is C31H33ClF2N6O3. The Balaban J connectivity index is 1.21. The number of fused-ring (bicyclic) bond motifs is 6. The summed E-state index contributed by atoms with van der Waals surface area (Å²) in [5.74, 6) is 0.292. The summed E-state index contributed by atoms with van der Waals surface area (Å²) in [6.07, 6.45) is 5.31. The van der Waals surface area contributed by atoms with E-state index in [1.807, 2.05) is 0 Å². The van der Waals surface area contributed by atoms with Crippen molar-refractivity contribution < 1.29 is 23.4 Å². The van der Waals surface area contributed by atoms with Crippen molar-refractivity contribution >= 4 is 28.3 Å². The zero-order chi connectivity index (χ0) is 29.0. The summed E-state index contributed by atoms with van der Waals surface area (Å²) in [5.41, 5.74) is 0.920. The summed E-state index contributed by atoms with van der Waals surface area (Å²) in [6, 6.07) is 3.57. The molecule has 0 radical (unpaired) electrons. The Labute approximate surface area is 252 Å². The Morgan fingerprint density at radius 1 is 1.16 bits per heavy atom. The van der Waals surface area contributed by atoms with E-state index in [1.165, 1.54) is 12.1 Å². The van der Waals surface area contributed by atoms with Crippen molar-refractivity contribution in [2.24, 2.45) is 0 Å². The van der Waals surface area contributed by atoms with Gasteiger partial charge in [-0.05, 0) is 68.7 Å². The van der Waals surface area contributed by atoms with E-state index in [1.54, 1.807) is 0 Å². The number of rotatable bonds is 5. The number of hydrogen-bond acceptors (Lipinski definition) is 9. The second-order valence-corrected chi connectivity index (χ2v) is 13.6. The number of alkyl halides is 1. The number of nitrogens with one attached hydrogen (secondary N) is 1. The van der Waals surface area contributed by atoms with Crippen LogP contribution in [-0.2, 0) is 0 Å². The Hall–Kier alpha value is -3.02. The van der Waals surface area contributed by atoms with Crippen LogP contribution in [0, 0.1) is 5.82 Å². The van der Waals surface area contributed by atoms with Gasteiger partial charge in [0, 0.05) is 42.2 Å². The monoisotopic (exact) mass is 610 g/mol. The van der Waals surface area contributed by atoms with Crippen LogP contribution in [0.2, 0.25) is 5.02 Å². The largest absolute Gasteiger partial charge is 0.508 e. The van der Waals surface area contributed by atoms with E-state index in [-0.39, 0.29) is 53.5 Å². The molecule has 12 heteroatoms. The molecule has 2 bridgehead atoms. The van der Waals surface area contributed by atoms with Gasteiger partial charge in [-0.25, -0.2) is 13.8 Å². The molecule has 4 saturated heterocycles. The van der Waals surface area contributed by atoms with Crippen LogP contribution in [0.25, 0.3) is 22.2 Å².